The summed E-state index contributed by atoms with van der Waals surface area (Å²) in [5, 5.41) is 13.3. The van der Waals surface area contributed by atoms with Crippen molar-refractivity contribution in [1.82, 2.24) is 15.0 Å². The van der Waals surface area contributed by atoms with Crippen LogP contribution in [0.5, 0.6) is 0 Å². The summed E-state index contributed by atoms with van der Waals surface area (Å²) < 4.78 is 5.25. The first-order valence-corrected chi connectivity index (χ1v) is 6.23. The number of aromatic nitrogens is 2. The average molecular weight is 261 g/mol. The first-order chi connectivity index (χ1) is 9.03. The molecular weight excluding hydrogens is 242 g/mol. The maximum absolute atomic E-state index is 9.32. The van der Waals surface area contributed by atoms with E-state index in [1.807, 2.05) is 56.1 Å². The van der Waals surface area contributed by atoms with Crippen molar-refractivity contribution in [3.05, 3.63) is 36.2 Å². The molecule has 102 valence electrons. The molecule has 2 rings (SSSR count). The molecule has 0 aliphatic rings. The van der Waals surface area contributed by atoms with Crippen LogP contribution in [-0.2, 0) is 6.54 Å². The lowest BCUT2D eigenvalue weighted by molar-refractivity contribution is 0.0708. The molecule has 0 bridgehead atoms. The van der Waals surface area contributed by atoms with Crippen molar-refractivity contribution < 1.29 is 9.63 Å². The maximum atomic E-state index is 9.32. The monoisotopic (exact) mass is 261 g/mol. The van der Waals surface area contributed by atoms with Crippen molar-refractivity contribution in [3.8, 4) is 11.5 Å². The van der Waals surface area contributed by atoms with Gasteiger partial charge in [0.05, 0.1) is 13.2 Å². The van der Waals surface area contributed by atoms with Crippen molar-refractivity contribution >= 4 is 0 Å². The smallest absolute Gasteiger partial charge is 0.257 e. The van der Waals surface area contributed by atoms with Gasteiger partial charge in [0.2, 0.25) is 0 Å². The van der Waals surface area contributed by atoms with E-state index in [0.717, 1.165) is 5.56 Å². The van der Waals surface area contributed by atoms with Crippen LogP contribution in [0, 0.1) is 0 Å². The Labute approximate surface area is 112 Å². The van der Waals surface area contributed by atoms with E-state index >= 15 is 0 Å². The average Bonchev–Trinajstić information content (AvgIpc) is 2.88. The Balaban J connectivity index is 2.10. The molecule has 0 spiro atoms. The molecule has 19 heavy (non-hydrogen) atoms. The number of hydrogen-bond acceptors (Lipinski definition) is 5. The third kappa shape index (κ3) is 3.19. The molecule has 5 heteroatoms. The predicted molar refractivity (Wildman–Crippen MR) is 72.4 cm³/mol. The van der Waals surface area contributed by atoms with Crippen LogP contribution in [0.1, 0.15) is 19.7 Å². The fourth-order valence-electron chi connectivity index (χ4n) is 1.56. The van der Waals surface area contributed by atoms with Crippen molar-refractivity contribution in [1.29, 1.82) is 0 Å². The lowest BCUT2D eigenvalue weighted by atomic mass is 10.1. The molecule has 1 heterocycles. The van der Waals surface area contributed by atoms with Crippen LogP contribution in [-0.4, -0.2) is 39.3 Å². The fraction of sp³-hybridized carbons (Fsp3) is 0.429. The standard InChI is InChI=1S/C14H19N3O2/c1-14(2,10-18)17(3)9-12-15-13(19-16-12)11-7-5-4-6-8-11/h4-8,18H,9-10H2,1-3H3. The van der Waals surface area contributed by atoms with Gasteiger partial charge in [-0.15, -0.1) is 0 Å². The summed E-state index contributed by atoms with van der Waals surface area (Å²) in [5.74, 6) is 1.13. The minimum atomic E-state index is -0.312. The quantitative estimate of drug-likeness (QED) is 0.891. The van der Waals surface area contributed by atoms with Crippen molar-refractivity contribution in [2.45, 2.75) is 25.9 Å². The molecule has 1 aromatic carbocycles. The van der Waals surface area contributed by atoms with Gasteiger partial charge in [0, 0.05) is 11.1 Å². The van der Waals surface area contributed by atoms with Gasteiger partial charge in [0.15, 0.2) is 5.82 Å². The fourth-order valence-corrected chi connectivity index (χ4v) is 1.56. The highest BCUT2D eigenvalue weighted by Gasteiger charge is 2.24. The summed E-state index contributed by atoms with van der Waals surface area (Å²) in [6.45, 7) is 4.53. The van der Waals surface area contributed by atoms with E-state index in [1.54, 1.807) is 0 Å². The molecule has 0 radical (unpaired) electrons. The second-order valence-corrected chi connectivity index (χ2v) is 5.21. The highest BCUT2D eigenvalue weighted by molar-refractivity contribution is 5.51. The van der Waals surface area contributed by atoms with Gasteiger partial charge in [-0.2, -0.15) is 4.98 Å². The largest absolute Gasteiger partial charge is 0.394 e. The van der Waals surface area contributed by atoms with Crippen molar-refractivity contribution in [2.24, 2.45) is 0 Å². The summed E-state index contributed by atoms with van der Waals surface area (Å²) in [4.78, 5) is 6.36. The minimum absolute atomic E-state index is 0.0763. The molecule has 0 saturated heterocycles. The van der Waals surface area contributed by atoms with Gasteiger partial charge in [-0.3, -0.25) is 4.90 Å². The lowest BCUT2D eigenvalue weighted by Gasteiger charge is -2.32. The Morgan fingerprint density at radius 2 is 1.95 bits per heavy atom. The molecule has 0 unspecified atom stereocenters. The van der Waals surface area contributed by atoms with Crippen LogP contribution >= 0.6 is 0 Å². The van der Waals surface area contributed by atoms with E-state index in [2.05, 4.69) is 10.1 Å². The Bertz CT molecular complexity index is 522. The molecular formula is C14H19N3O2. The number of aliphatic hydroxyl groups excluding tert-OH is 1. The van der Waals surface area contributed by atoms with Gasteiger partial charge in [-0.25, -0.2) is 0 Å². The normalized spacial score (nSPS) is 12.1. The van der Waals surface area contributed by atoms with Crippen LogP contribution in [0.3, 0.4) is 0 Å². The van der Waals surface area contributed by atoms with Crippen LogP contribution in [0.15, 0.2) is 34.9 Å². The number of likely N-dealkylation sites (N-methyl/N-ethyl adjacent to an activating group) is 1. The Morgan fingerprint density at radius 1 is 1.26 bits per heavy atom. The van der Waals surface area contributed by atoms with E-state index in [4.69, 9.17) is 4.52 Å². The molecule has 5 nitrogen and oxygen atoms in total. The van der Waals surface area contributed by atoms with Crippen LogP contribution < -0.4 is 0 Å². The van der Waals surface area contributed by atoms with Gasteiger partial charge < -0.3 is 9.63 Å². The molecule has 0 amide bonds. The number of aliphatic hydroxyl groups is 1. The molecule has 2 aromatic rings. The molecule has 1 N–H and O–H groups in total. The minimum Gasteiger partial charge on any atom is -0.394 e. The Morgan fingerprint density at radius 3 is 2.58 bits per heavy atom. The van der Waals surface area contributed by atoms with Crippen LogP contribution in [0.4, 0.5) is 0 Å². The van der Waals surface area contributed by atoms with Gasteiger partial charge in [-0.05, 0) is 33.0 Å². The van der Waals surface area contributed by atoms with Gasteiger partial charge in [-0.1, -0.05) is 23.4 Å². The molecule has 0 atom stereocenters. The van der Waals surface area contributed by atoms with E-state index in [-0.39, 0.29) is 12.1 Å². The predicted octanol–water partition coefficient (Wildman–Crippen LogP) is 1.94. The topological polar surface area (TPSA) is 62.4 Å². The molecule has 0 aliphatic heterocycles. The SMILES string of the molecule is CN(Cc1noc(-c2ccccc2)n1)C(C)(C)CO. The van der Waals surface area contributed by atoms with E-state index in [9.17, 15) is 5.11 Å². The summed E-state index contributed by atoms with van der Waals surface area (Å²) in [7, 11) is 1.93. The van der Waals surface area contributed by atoms with E-state index in [0.29, 0.717) is 18.3 Å². The maximum Gasteiger partial charge on any atom is 0.257 e. The summed E-state index contributed by atoms with van der Waals surface area (Å²) in [6.07, 6.45) is 0. The zero-order chi connectivity index (χ0) is 13.9. The second-order valence-electron chi connectivity index (χ2n) is 5.21. The summed E-state index contributed by atoms with van der Waals surface area (Å²) in [6, 6.07) is 9.66. The zero-order valence-corrected chi connectivity index (χ0v) is 11.5. The molecule has 0 saturated carbocycles. The van der Waals surface area contributed by atoms with Gasteiger partial charge >= 0.3 is 0 Å². The third-order valence-corrected chi connectivity index (χ3v) is 3.29. The zero-order valence-electron chi connectivity index (χ0n) is 11.5. The Hall–Kier alpha value is -1.72. The third-order valence-electron chi connectivity index (χ3n) is 3.29. The van der Waals surface area contributed by atoms with E-state index < -0.39 is 0 Å². The molecule has 0 aliphatic carbocycles. The molecule has 0 fully saturated rings. The van der Waals surface area contributed by atoms with Crippen molar-refractivity contribution in [2.75, 3.05) is 13.7 Å². The molecule has 1 aromatic heterocycles. The highest BCUT2D eigenvalue weighted by atomic mass is 16.5. The number of nitrogens with zero attached hydrogens (tertiary/aromatic N) is 3. The first kappa shape index (κ1) is 13.7. The van der Waals surface area contributed by atoms with E-state index in [1.165, 1.54) is 0 Å². The van der Waals surface area contributed by atoms with Crippen molar-refractivity contribution in [3.63, 3.8) is 0 Å². The lowest BCUT2D eigenvalue weighted by Crippen LogP contribution is -2.43. The number of hydrogen-bond donors (Lipinski definition) is 1. The first-order valence-electron chi connectivity index (χ1n) is 6.23. The summed E-state index contributed by atoms with van der Waals surface area (Å²) in [5.41, 5.74) is 0.596. The number of benzene rings is 1. The van der Waals surface area contributed by atoms with Gasteiger partial charge in [0.25, 0.3) is 5.89 Å². The number of rotatable bonds is 5. The van der Waals surface area contributed by atoms with Gasteiger partial charge in [0.1, 0.15) is 0 Å². The second kappa shape index (κ2) is 5.50. The van der Waals surface area contributed by atoms with Crippen LogP contribution in [0.25, 0.3) is 11.5 Å². The van der Waals surface area contributed by atoms with Crippen LogP contribution in [0.2, 0.25) is 0 Å². The highest BCUT2D eigenvalue weighted by Crippen LogP contribution is 2.18. The Kier molecular flexibility index (Phi) is 3.97. The summed E-state index contributed by atoms with van der Waals surface area (Å²) >= 11 is 0.